The van der Waals surface area contributed by atoms with E-state index in [0.717, 1.165) is 22.8 Å². The van der Waals surface area contributed by atoms with Gasteiger partial charge in [0.05, 0.1) is 18.3 Å². The highest BCUT2D eigenvalue weighted by Crippen LogP contribution is 2.08. The Hall–Kier alpha value is -1.95. The number of hydrogen-bond donors (Lipinski definition) is 4. The van der Waals surface area contributed by atoms with Gasteiger partial charge in [0.25, 0.3) is 0 Å². The third-order valence-corrected chi connectivity index (χ3v) is 3.07. The average Bonchev–Trinajstić information content (AvgIpc) is 2.44. The summed E-state index contributed by atoms with van der Waals surface area (Å²) < 4.78 is 0. The van der Waals surface area contributed by atoms with Crippen molar-refractivity contribution >= 4 is 5.97 Å². The summed E-state index contributed by atoms with van der Waals surface area (Å²) in [4.78, 5) is 10.4. The molecule has 0 aliphatic rings. The zero-order chi connectivity index (χ0) is 18.7. The largest absolute Gasteiger partial charge is 0.478 e. The molecule has 5 nitrogen and oxygen atoms in total. The van der Waals surface area contributed by atoms with Crippen LogP contribution in [0, 0.1) is 0 Å². The third kappa shape index (κ3) is 11.6. The van der Waals surface area contributed by atoms with Crippen LogP contribution in [0.25, 0.3) is 0 Å². The molecule has 0 rings (SSSR count). The van der Waals surface area contributed by atoms with Gasteiger partial charge in [-0.2, -0.15) is 0 Å². The van der Waals surface area contributed by atoms with E-state index in [1.54, 1.807) is 26.0 Å². The van der Waals surface area contributed by atoms with Gasteiger partial charge in [0.15, 0.2) is 0 Å². The lowest BCUT2D eigenvalue weighted by Gasteiger charge is -2.16. The minimum Gasteiger partial charge on any atom is -0.478 e. The number of aliphatic hydroxyl groups is 3. The Balaban J connectivity index is 4.74. The maximum atomic E-state index is 10.4. The van der Waals surface area contributed by atoms with E-state index in [1.807, 2.05) is 26.0 Å². The molecule has 24 heavy (non-hydrogen) atoms. The fourth-order valence-corrected chi connectivity index (χ4v) is 1.93. The maximum absolute atomic E-state index is 10.4. The Kier molecular flexibility index (Phi) is 10.6. The van der Waals surface area contributed by atoms with Gasteiger partial charge in [-0.25, -0.2) is 4.79 Å². The molecule has 3 atom stereocenters. The molecule has 0 saturated heterocycles. The molecule has 0 amide bonds. The lowest BCUT2D eigenvalue weighted by atomic mass is 10.0. The molecular weight excluding hydrogens is 308 g/mol. The van der Waals surface area contributed by atoms with E-state index in [9.17, 15) is 20.1 Å². The summed E-state index contributed by atoms with van der Waals surface area (Å²) in [6.07, 6.45) is 8.85. The van der Waals surface area contributed by atoms with Crippen LogP contribution in [0.4, 0.5) is 0 Å². The fourth-order valence-electron chi connectivity index (χ4n) is 1.93. The van der Waals surface area contributed by atoms with Crippen molar-refractivity contribution in [1.29, 1.82) is 0 Å². The first-order chi connectivity index (χ1) is 11.1. The van der Waals surface area contributed by atoms with Gasteiger partial charge in [0.2, 0.25) is 0 Å². The number of carbonyl (C=O) groups is 1. The SMILES string of the molecule is CC(=CC=CC(C)=C[C@H](O)[C@H](O)C[C@H](C)O)C=C(C)C=CC(=O)O. The van der Waals surface area contributed by atoms with E-state index in [4.69, 9.17) is 5.11 Å². The number of aliphatic hydroxyl groups excluding tert-OH is 3. The van der Waals surface area contributed by atoms with E-state index < -0.39 is 24.3 Å². The van der Waals surface area contributed by atoms with Crippen LogP contribution in [-0.4, -0.2) is 44.7 Å². The number of aliphatic carboxylic acids is 1. The summed E-state index contributed by atoms with van der Waals surface area (Å²) in [7, 11) is 0. The number of carboxylic acid groups (broad SMARTS) is 1. The van der Waals surface area contributed by atoms with Crippen molar-refractivity contribution in [1.82, 2.24) is 0 Å². The Labute approximate surface area is 143 Å². The first-order valence-corrected chi connectivity index (χ1v) is 7.78. The highest BCUT2D eigenvalue weighted by atomic mass is 16.4. The van der Waals surface area contributed by atoms with Gasteiger partial charge in [0.1, 0.15) is 0 Å². The molecule has 0 unspecified atom stereocenters. The quantitative estimate of drug-likeness (QED) is 0.383. The van der Waals surface area contributed by atoms with Crippen LogP contribution >= 0.6 is 0 Å². The normalized spacial score (nSPS) is 18.2. The third-order valence-electron chi connectivity index (χ3n) is 3.07. The summed E-state index contributed by atoms with van der Waals surface area (Å²) in [5.41, 5.74) is 2.55. The van der Waals surface area contributed by atoms with E-state index in [1.165, 1.54) is 12.2 Å². The molecule has 0 fully saturated rings. The number of allylic oxidation sites excluding steroid dienone is 8. The van der Waals surface area contributed by atoms with Crippen LogP contribution in [-0.2, 0) is 4.79 Å². The molecule has 5 heteroatoms. The molecule has 0 bridgehead atoms. The smallest absolute Gasteiger partial charge is 0.328 e. The molecular formula is C19H28O5. The number of hydrogen-bond acceptors (Lipinski definition) is 4. The molecule has 0 heterocycles. The topological polar surface area (TPSA) is 98.0 Å². The first kappa shape index (κ1) is 22.1. The van der Waals surface area contributed by atoms with E-state index >= 15 is 0 Å². The Bertz CT molecular complexity index is 550. The average molecular weight is 336 g/mol. The van der Waals surface area contributed by atoms with Crippen LogP contribution in [0.5, 0.6) is 0 Å². The summed E-state index contributed by atoms with van der Waals surface area (Å²) in [6, 6.07) is 0. The maximum Gasteiger partial charge on any atom is 0.328 e. The molecule has 4 N–H and O–H groups in total. The van der Waals surface area contributed by atoms with Crippen molar-refractivity contribution in [3.05, 3.63) is 59.3 Å². The minimum atomic E-state index is -1.03. The van der Waals surface area contributed by atoms with Crippen molar-refractivity contribution in [3.63, 3.8) is 0 Å². The van der Waals surface area contributed by atoms with Crippen molar-refractivity contribution in [2.75, 3.05) is 0 Å². The zero-order valence-electron chi connectivity index (χ0n) is 14.7. The van der Waals surface area contributed by atoms with Crippen LogP contribution < -0.4 is 0 Å². The molecule has 0 spiro atoms. The van der Waals surface area contributed by atoms with Gasteiger partial charge in [0, 0.05) is 12.5 Å². The van der Waals surface area contributed by atoms with Crippen molar-refractivity contribution in [2.45, 2.75) is 52.4 Å². The van der Waals surface area contributed by atoms with Gasteiger partial charge in [-0.05, 0) is 27.7 Å². The van der Waals surface area contributed by atoms with Gasteiger partial charge >= 0.3 is 5.97 Å². The molecule has 0 radical (unpaired) electrons. The Morgan fingerprint density at radius 3 is 2.12 bits per heavy atom. The number of carboxylic acids is 1. The summed E-state index contributed by atoms with van der Waals surface area (Å²) in [5.74, 6) is -0.985. The van der Waals surface area contributed by atoms with Crippen LogP contribution in [0.15, 0.2) is 59.3 Å². The van der Waals surface area contributed by atoms with E-state index in [0.29, 0.717) is 0 Å². The second kappa shape index (κ2) is 11.6. The van der Waals surface area contributed by atoms with Crippen molar-refractivity contribution in [3.8, 4) is 0 Å². The second-order valence-electron chi connectivity index (χ2n) is 5.88. The Morgan fingerprint density at radius 1 is 0.958 bits per heavy atom. The van der Waals surface area contributed by atoms with Crippen molar-refractivity contribution in [2.24, 2.45) is 0 Å². The zero-order valence-corrected chi connectivity index (χ0v) is 14.7. The second-order valence-corrected chi connectivity index (χ2v) is 5.88. The van der Waals surface area contributed by atoms with Gasteiger partial charge in [-0.15, -0.1) is 0 Å². The lowest BCUT2D eigenvalue weighted by Crippen LogP contribution is -2.27. The monoisotopic (exact) mass is 336 g/mol. The van der Waals surface area contributed by atoms with E-state index in [2.05, 4.69) is 0 Å². The van der Waals surface area contributed by atoms with Gasteiger partial charge in [-0.3, -0.25) is 0 Å². The van der Waals surface area contributed by atoms with Crippen LogP contribution in [0.3, 0.4) is 0 Å². The van der Waals surface area contributed by atoms with Crippen LogP contribution in [0.2, 0.25) is 0 Å². The molecule has 134 valence electrons. The van der Waals surface area contributed by atoms with E-state index in [-0.39, 0.29) is 6.42 Å². The highest BCUT2D eigenvalue weighted by molar-refractivity contribution is 5.80. The number of rotatable bonds is 9. The summed E-state index contributed by atoms with van der Waals surface area (Å²) in [6.45, 7) is 7.06. The predicted octanol–water partition coefficient (Wildman–Crippen LogP) is 2.51. The molecule has 0 aromatic rings. The van der Waals surface area contributed by atoms with Crippen LogP contribution in [0.1, 0.15) is 34.1 Å². The molecule has 0 aromatic heterocycles. The highest BCUT2D eigenvalue weighted by Gasteiger charge is 2.15. The van der Waals surface area contributed by atoms with Gasteiger partial charge in [-0.1, -0.05) is 53.2 Å². The molecule has 0 aliphatic heterocycles. The van der Waals surface area contributed by atoms with Crippen molar-refractivity contribution < 1.29 is 25.2 Å². The molecule has 0 aliphatic carbocycles. The summed E-state index contributed by atoms with van der Waals surface area (Å²) in [5, 5.41) is 37.3. The fraction of sp³-hybridized carbons (Fsp3) is 0.421. The molecule has 0 aromatic carbocycles. The van der Waals surface area contributed by atoms with Gasteiger partial charge < -0.3 is 20.4 Å². The summed E-state index contributed by atoms with van der Waals surface area (Å²) >= 11 is 0. The molecule has 0 saturated carbocycles. The standard InChI is InChI=1S/C19H28O5/c1-13(10-15(3)8-9-19(23)24)6-5-7-14(2)11-17(21)18(22)12-16(4)20/h5-11,16-18,20-22H,12H2,1-4H3,(H,23,24)/t16-,17-,18+/m0/s1. The minimum absolute atomic E-state index is 0.113. The Morgan fingerprint density at radius 2 is 1.58 bits per heavy atom. The lowest BCUT2D eigenvalue weighted by molar-refractivity contribution is -0.131. The predicted molar refractivity (Wildman–Crippen MR) is 95.5 cm³/mol. The first-order valence-electron chi connectivity index (χ1n) is 7.78.